The third kappa shape index (κ3) is 4.34. The summed E-state index contributed by atoms with van der Waals surface area (Å²) in [5, 5.41) is 5.60. The van der Waals surface area contributed by atoms with Crippen molar-refractivity contribution in [1.29, 1.82) is 0 Å². The van der Waals surface area contributed by atoms with E-state index in [0.29, 0.717) is 10.7 Å². The maximum Gasteiger partial charge on any atom is 0.287 e. The van der Waals surface area contributed by atoms with E-state index in [1.54, 1.807) is 12.3 Å². The molecule has 0 bridgehead atoms. The Kier molecular flexibility index (Phi) is 5.76. The molecular weight excluding hydrogens is 348 g/mol. The van der Waals surface area contributed by atoms with Gasteiger partial charge in [0.2, 0.25) is 0 Å². The first-order chi connectivity index (χ1) is 12.5. The molecule has 134 valence electrons. The predicted molar refractivity (Wildman–Crippen MR) is 103 cm³/mol. The highest BCUT2D eigenvalue weighted by molar-refractivity contribution is 6.31. The van der Waals surface area contributed by atoms with Crippen LogP contribution in [-0.4, -0.2) is 5.91 Å². The van der Waals surface area contributed by atoms with Crippen molar-refractivity contribution in [3.05, 3.63) is 88.8 Å². The van der Waals surface area contributed by atoms with Gasteiger partial charge in [0.15, 0.2) is 11.8 Å². The van der Waals surface area contributed by atoms with Gasteiger partial charge in [-0.1, -0.05) is 48.0 Å². The van der Waals surface area contributed by atoms with Crippen molar-refractivity contribution < 1.29 is 14.5 Å². The largest absolute Gasteiger partial charge is 0.463 e. The smallest absolute Gasteiger partial charge is 0.287 e. The number of hydrogen-bond acceptors (Lipinski definition) is 2. The number of hydrogen-bond donors (Lipinski definition) is 2. The van der Waals surface area contributed by atoms with Gasteiger partial charge in [-0.15, -0.1) is 0 Å². The van der Waals surface area contributed by atoms with Crippen LogP contribution in [0.1, 0.15) is 35.9 Å². The third-order valence-corrected chi connectivity index (χ3v) is 4.76. The van der Waals surface area contributed by atoms with Gasteiger partial charge in [-0.3, -0.25) is 4.79 Å². The monoisotopic (exact) mass is 369 g/mol. The molecule has 0 saturated carbocycles. The van der Waals surface area contributed by atoms with Gasteiger partial charge in [0, 0.05) is 16.3 Å². The van der Waals surface area contributed by atoms with E-state index in [-0.39, 0.29) is 11.9 Å². The standard InChI is InChI=1S/C21H21ClN2O2/c1-14-10-11-17(13-18(14)22)24-21(25)20(16-7-4-3-5-8-16)23-15(2)19-9-6-12-26-19/h3-13,15,20,23H,1-2H3,(H,24,25)/p+1/t15-,20-/m0/s1. The van der Waals surface area contributed by atoms with Gasteiger partial charge in [-0.25, -0.2) is 0 Å². The molecule has 0 fully saturated rings. The number of aryl methyl sites for hydroxylation is 1. The van der Waals surface area contributed by atoms with E-state index in [9.17, 15) is 4.79 Å². The van der Waals surface area contributed by atoms with Crippen LogP contribution in [0.25, 0.3) is 0 Å². The van der Waals surface area contributed by atoms with Gasteiger partial charge in [0.25, 0.3) is 5.91 Å². The second-order valence-corrected chi connectivity index (χ2v) is 6.75. The van der Waals surface area contributed by atoms with Crippen LogP contribution in [-0.2, 0) is 4.79 Å². The minimum atomic E-state index is -0.406. The van der Waals surface area contributed by atoms with E-state index in [2.05, 4.69) is 5.32 Å². The number of benzene rings is 2. The second kappa shape index (κ2) is 8.21. The van der Waals surface area contributed by atoms with Gasteiger partial charge in [-0.2, -0.15) is 0 Å². The van der Waals surface area contributed by atoms with Crippen LogP contribution in [0.2, 0.25) is 5.02 Å². The first-order valence-corrected chi connectivity index (χ1v) is 8.92. The fourth-order valence-electron chi connectivity index (χ4n) is 2.83. The SMILES string of the molecule is Cc1ccc(NC(=O)[C@@H]([NH2+][C@@H](C)c2ccco2)c2ccccc2)cc1Cl. The van der Waals surface area contributed by atoms with E-state index < -0.39 is 6.04 Å². The van der Waals surface area contributed by atoms with Crippen molar-refractivity contribution in [2.45, 2.75) is 25.9 Å². The van der Waals surface area contributed by atoms with Crippen molar-refractivity contribution in [2.75, 3.05) is 5.32 Å². The highest BCUT2D eigenvalue weighted by Crippen LogP contribution is 2.21. The Morgan fingerprint density at radius 3 is 2.54 bits per heavy atom. The summed E-state index contributed by atoms with van der Waals surface area (Å²) in [6.45, 7) is 3.95. The summed E-state index contributed by atoms with van der Waals surface area (Å²) >= 11 is 6.17. The zero-order chi connectivity index (χ0) is 18.5. The fourth-order valence-corrected chi connectivity index (χ4v) is 3.02. The number of halogens is 1. The molecule has 0 aliphatic rings. The number of rotatable bonds is 6. The van der Waals surface area contributed by atoms with E-state index in [1.165, 1.54) is 0 Å². The van der Waals surface area contributed by atoms with Gasteiger partial charge in [0.1, 0.15) is 6.04 Å². The molecule has 1 aromatic heterocycles. The lowest BCUT2D eigenvalue weighted by molar-refractivity contribution is -0.720. The summed E-state index contributed by atoms with van der Waals surface area (Å²) in [6, 6.07) is 18.6. The van der Waals surface area contributed by atoms with Crippen LogP contribution in [0.5, 0.6) is 0 Å². The van der Waals surface area contributed by atoms with Gasteiger partial charge in [-0.05, 0) is 43.7 Å². The van der Waals surface area contributed by atoms with Crippen LogP contribution in [0.3, 0.4) is 0 Å². The van der Waals surface area contributed by atoms with Crippen molar-refractivity contribution in [3.63, 3.8) is 0 Å². The molecule has 4 nitrogen and oxygen atoms in total. The van der Waals surface area contributed by atoms with Gasteiger partial charge >= 0.3 is 0 Å². The van der Waals surface area contributed by atoms with E-state index in [0.717, 1.165) is 16.9 Å². The van der Waals surface area contributed by atoms with Crippen LogP contribution in [0.15, 0.2) is 71.3 Å². The third-order valence-electron chi connectivity index (χ3n) is 4.35. The van der Waals surface area contributed by atoms with Crippen LogP contribution >= 0.6 is 11.6 Å². The molecule has 2 atom stereocenters. The van der Waals surface area contributed by atoms with Gasteiger partial charge < -0.3 is 15.1 Å². The Balaban J connectivity index is 1.82. The number of amides is 1. The molecule has 26 heavy (non-hydrogen) atoms. The number of carbonyl (C=O) groups excluding carboxylic acids is 1. The second-order valence-electron chi connectivity index (χ2n) is 6.34. The predicted octanol–water partition coefficient (Wildman–Crippen LogP) is 4.25. The minimum absolute atomic E-state index is 0.00237. The summed E-state index contributed by atoms with van der Waals surface area (Å²) in [6.07, 6.45) is 1.64. The quantitative estimate of drug-likeness (QED) is 0.682. The number of carbonyl (C=O) groups is 1. The van der Waals surface area contributed by atoms with E-state index >= 15 is 0 Å². The molecule has 5 heteroatoms. The van der Waals surface area contributed by atoms with Gasteiger partial charge in [0.05, 0.1) is 6.26 Å². The molecular formula is C21H22ClN2O2+. The Bertz CT molecular complexity index is 863. The molecule has 3 N–H and O–H groups in total. The first-order valence-electron chi connectivity index (χ1n) is 8.55. The van der Waals surface area contributed by atoms with Crippen LogP contribution in [0.4, 0.5) is 5.69 Å². The van der Waals surface area contributed by atoms with Crippen molar-refractivity contribution in [1.82, 2.24) is 0 Å². The maximum absolute atomic E-state index is 13.0. The van der Waals surface area contributed by atoms with E-state index in [1.807, 2.05) is 73.8 Å². The lowest BCUT2D eigenvalue weighted by atomic mass is 10.0. The summed E-state index contributed by atoms with van der Waals surface area (Å²) in [7, 11) is 0. The molecule has 1 amide bonds. The first kappa shape index (κ1) is 18.2. The molecule has 1 heterocycles. The number of furan rings is 1. The summed E-state index contributed by atoms with van der Waals surface area (Å²) < 4.78 is 5.48. The molecule has 3 rings (SSSR count). The van der Waals surface area contributed by atoms with E-state index in [4.69, 9.17) is 16.0 Å². The highest BCUT2D eigenvalue weighted by atomic mass is 35.5. The Hall–Kier alpha value is -2.56. The number of anilines is 1. The number of quaternary nitrogens is 1. The molecule has 0 radical (unpaired) electrons. The highest BCUT2D eigenvalue weighted by Gasteiger charge is 2.28. The molecule has 0 unspecified atom stereocenters. The van der Waals surface area contributed by atoms with Crippen molar-refractivity contribution in [2.24, 2.45) is 0 Å². The zero-order valence-electron chi connectivity index (χ0n) is 14.8. The Labute approximate surface area is 158 Å². The summed E-state index contributed by atoms with van der Waals surface area (Å²) in [5.74, 6) is 0.728. The Morgan fingerprint density at radius 2 is 1.88 bits per heavy atom. The normalized spacial score (nSPS) is 13.2. The topological polar surface area (TPSA) is 58.9 Å². The van der Waals surface area contributed by atoms with Crippen LogP contribution < -0.4 is 10.6 Å². The lowest BCUT2D eigenvalue weighted by Crippen LogP contribution is -2.87. The average Bonchev–Trinajstić information content (AvgIpc) is 3.18. The lowest BCUT2D eigenvalue weighted by Gasteiger charge is -2.19. The summed E-state index contributed by atoms with van der Waals surface area (Å²) in [4.78, 5) is 13.0. The average molecular weight is 370 g/mol. The van der Waals surface area contributed by atoms with Crippen LogP contribution in [0, 0.1) is 6.92 Å². The van der Waals surface area contributed by atoms with Crippen molar-refractivity contribution in [3.8, 4) is 0 Å². The Morgan fingerprint density at radius 1 is 1.12 bits per heavy atom. The molecule has 0 saturated heterocycles. The fraction of sp³-hybridized carbons (Fsp3) is 0.190. The van der Waals surface area contributed by atoms with Crippen molar-refractivity contribution >= 4 is 23.2 Å². The molecule has 3 aromatic rings. The molecule has 0 aliphatic heterocycles. The minimum Gasteiger partial charge on any atom is -0.463 e. The zero-order valence-corrected chi connectivity index (χ0v) is 15.5. The molecule has 0 spiro atoms. The summed E-state index contributed by atoms with van der Waals surface area (Å²) in [5.41, 5.74) is 2.59. The number of nitrogens with two attached hydrogens (primary N) is 1. The molecule has 2 aromatic carbocycles. The maximum atomic E-state index is 13.0. The molecule has 0 aliphatic carbocycles. The number of nitrogens with one attached hydrogen (secondary N) is 1.